The van der Waals surface area contributed by atoms with Crippen LogP contribution in [0.4, 0.5) is 13.2 Å². The first-order chi connectivity index (χ1) is 4.63. The molecule has 0 atom stereocenters. The van der Waals surface area contributed by atoms with Gasteiger partial charge in [-0.05, 0) is 0 Å². The maximum atomic E-state index is 12.4. The molecule has 1 aromatic rings. The van der Waals surface area contributed by atoms with E-state index in [1.165, 1.54) is 0 Å². The normalized spacial score (nSPS) is 10.0. The molecule has 1 aromatic carbocycles. The summed E-state index contributed by atoms with van der Waals surface area (Å²) in [5.41, 5.74) is 0. The fourth-order valence-electron chi connectivity index (χ4n) is 0.516. The minimum atomic E-state index is -1.42. The monoisotopic (exact) mass is 206 g/mol. The Morgan fingerprint density at radius 1 is 1.00 bits per heavy atom. The van der Waals surface area contributed by atoms with E-state index in [0.29, 0.717) is 0 Å². The van der Waals surface area contributed by atoms with Crippen LogP contribution in [0.5, 0.6) is 0 Å². The van der Waals surface area contributed by atoms with Crippen LogP contribution in [0.3, 0.4) is 0 Å². The van der Waals surface area contributed by atoms with Gasteiger partial charge in [0.15, 0.2) is 0 Å². The van der Waals surface area contributed by atoms with Gasteiger partial charge in [-0.2, -0.15) is 0 Å². The van der Waals surface area contributed by atoms with Crippen LogP contribution in [0.1, 0.15) is 0 Å². The summed E-state index contributed by atoms with van der Waals surface area (Å²) in [4.78, 5) is 0. The first-order valence-corrected chi connectivity index (χ1v) is 3.39. The maximum absolute atomic E-state index is 12.4. The molecular weight excluding hydrogens is 204 g/mol. The Hall–Kier alpha value is -0.432. The van der Waals surface area contributed by atoms with Crippen LogP contribution in [0.15, 0.2) is 12.1 Å². The van der Waals surface area contributed by atoms with Gasteiger partial charge in [-0.1, -0.05) is 0 Å². The summed E-state index contributed by atoms with van der Waals surface area (Å²) in [5, 5.41) is 0. The van der Waals surface area contributed by atoms with Crippen LogP contribution in [0.25, 0.3) is 0 Å². The summed E-state index contributed by atoms with van der Waals surface area (Å²) in [6, 6.07) is 2.04. The summed E-state index contributed by atoms with van der Waals surface area (Å²) in [5.74, 6) is -3.72. The molecule has 0 aliphatic heterocycles. The van der Waals surface area contributed by atoms with E-state index in [4.69, 9.17) is 0 Å². The van der Waals surface area contributed by atoms with Gasteiger partial charge in [0.05, 0.1) is 0 Å². The first-order valence-electron chi connectivity index (χ1n) is 2.45. The number of hydrogen-bond acceptors (Lipinski definition) is 0. The topological polar surface area (TPSA) is 0 Å². The molecule has 0 unspecified atom stereocenters. The molecule has 2 radical (unpaired) electrons. The summed E-state index contributed by atoms with van der Waals surface area (Å²) in [6.07, 6.45) is 0. The molecule has 4 heteroatoms. The Kier molecular flexibility index (Phi) is 2.05. The molecule has 0 fully saturated rings. The Bertz CT molecular complexity index is 232. The van der Waals surface area contributed by atoms with Crippen molar-refractivity contribution in [1.82, 2.24) is 0 Å². The van der Waals surface area contributed by atoms with Crippen molar-refractivity contribution in [2.24, 2.45) is 0 Å². The molecule has 1 rings (SSSR count). The fourth-order valence-corrected chi connectivity index (χ4v) is 0.878. The van der Waals surface area contributed by atoms with Gasteiger partial charge in [0.25, 0.3) is 0 Å². The zero-order valence-corrected chi connectivity index (χ0v) is 6.61. The van der Waals surface area contributed by atoms with Crippen molar-refractivity contribution in [2.45, 2.75) is 0 Å². The van der Waals surface area contributed by atoms with Gasteiger partial charge in [-0.25, -0.2) is 0 Å². The molecule has 0 nitrogen and oxygen atoms in total. The molecule has 0 aliphatic carbocycles. The summed E-state index contributed by atoms with van der Waals surface area (Å²) in [6.45, 7) is 0. The van der Waals surface area contributed by atoms with E-state index in [2.05, 4.69) is 0 Å². The SMILES string of the molecule is Fc1ccc([As])c(F)c1F. The third-order valence-corrected chi connectivity index (χ3v) is 1.74. The molecule has 0 bridgehead atoms. The molecule has 0 spiro atoms. The first kappa shape index (κ1) is 7.67. The summed E-state index contributed by atoms with van der Waals surface area (Å²) >= 11 is 1.81. The van der Waals surface area contributed by atoms with Crippen LogP contribution in [0, 0.1) is 17.5 Å². The van der Waals surface area contributed by atoms with E-state index in [0.717, 1.165) is 12.1 Å². The van der Waals surface area contributed by atoms with Crippen molar-refractivity contribution in [3.05, 3.63) is 29.6 Å². The Labute approximate surface area is 64.5 Å². The number of halogens is 3. The van der Waals surface area contributed by atoms with E-state index in [1.54, 1.807) is 0 Å². The molecule has 10 heavy (non-hydrogen) atoms. The van der Waals surface area contributed by atoms with Crippen LogP contribution >= 0.6 is 0 Å². The summed E-state index contributed by atoms with van der Waals surface area (Å²) < 4.78 is 36.8. The van der Waals surface area contributed by atoms with Gasteiger partial charge in [0.2, 0.25) is 0 Å². The molecular formula is C6H2AsF3. The van der Waals surface area contributed by atoms with Crippen molar-refractivity contribution in [3.63, 3.8) is 0 Å². The van der Waals surface area contributed by atoms with E-state index in [1.807, 2.05) is 16.9 Å². The second-order valence-corrected chi connectivity index (χ2v) is 2.71. The zero-order chi connectivity index (χ0) is 7.72. The average molecular weight is 206 g/mol. The molecule has 0 amide bonds. The van der Waals surface area contributed by atoms with Crippen molar-refractivity contribution < 1.29 is 13.2 Å². The third-order valence-electron chi connectivity index (χ3n) is 1.01. The number of hydrogen-bond donors (Lipinski definition) is 0. The van der Waals surface area contributed by atoms with Gasteiger partial charge < -0.3 is 0 Å². The Balaban J connectivity index is 3.34. The van der Waals surface area contributed by atoms with Crippen molar-refractivity contribution in [3.8, 4) is 0 Å². The van der Waals surface area contributed by atoms with Crippen LogP contribution < -0.4 is 4.35 Å². The van der Waals surface area contributed by atoms with Gasteiger partial charge in [-0.3, -0.25) is 0 Å². The molecule has 0 aliphatic rings. The molecule has 0 heterocycles. The van der Waals surface area contributed by atoms with Crippen molar-refractivity contribution >= 4 is 21.2 Å². The van der Waals surface area contributed by atoms with Crippen LogP contribution in [0.2, 0.25) is 0 Å². The van der Waals surface area contributed by atoms with E-state index in [-0.39, 0.29) is 4.35 Å². The fraction of sp³-hybridized carbons (Fsp3) is 0. The number of benzene rings is 1. The molecule has 0 N–H and O–H groups in total. The second-order valence-electron chi connectivity index (χ2n) is 1.69. The van der Waals surface area contributed by atoms with E-state index < -0.39 is 17.5 Å². The quantitative estimate of drug-likeness (QED) is 0.437. The van der Waals surface area contributed by atoms with Gasteiger partial charge in [0, 0.05) is 0 Å². The van der Waals surface area contributed by atoms with E-state index >= 15 is 0 Å². The Morgan fingerprint density at radius 3 is 2.10 bits per heavy atom. The van der Waals surface area contributed by atoms with Gasteiger partial charge >= 0.3 is 64.0 Å². The van der Waals surface area contributed by atoms with Gasteiger partial charge in [-0.15, -0.1) is 0 Å². The zero-order valence-electron chi connectivity index (χ0n) is 4.74. The Morgan fingerprint density at radius 2 is 1.60 bits per heavy atom. The van der Waals surface area contributed by atoms with Crippen molar-refractivity contribution in [1.29, 1.82) is 0 Å². The molecule has 0 aromatic heterocycles. The molecule has 52 valence electrons. The summed E-state index contributed by atoms with van der Waals surface area (Å²) in [7, 11) is 0. The third kappa shape index (κ3) is 1.19. The van der Waals surface area contributed by atoms with E-state index in [9.17, 15) is 13.2 Å². The van der Waals surface area contributed by atoms with Crippen LogP contribution in [-0.2, 0) is 0 Å². The molecule has 0 saturated carbocycles. The standard InChI is InChI=1S/C6H2AsF3/c7-3-1-2-4(8)6(10)5(3)9/h1-2H. The minimum absolute atomic E-state index is 0.0476. The van der Waals surface area contributed by atoms with Crippen molar-refractivity contribution in [2.75, 3.05) is 0 Å². The average Bonchev–Trinajstić information content (AvgIpc) is 1.93. The predicted molar refractivity (Wildman–Crippen MR) is 31.7 cm³/mol. The second kappa shape index (κ2) is 2.67. The number of rotatable bonds is 0. The van der Waals surface area contributed by atoms with Crippen LogP contribution in [-0.4, -0.2) is 16.9 Å². The molecule has 0 saturated heterocycles. The van der Waals surface area contributed by atoms with Gasteiger partial charge in [0.1, 0.15) is 0 Å². The predicted octanol–water partition coefficient (Wildman–Crippen LogP) is 0.898.